The number of amides is 1. The van der Waals surface area contributed by atoms with Crippen molar-refractivity contribution in [2.45, 2.75) is 25.8 Å². The van der Waals surface area contributed by atoms with E-state index in [2.05, 4.69) is 5.32 Å². The summed E-state index contributed by atoms with van der Waals surface area (Å²) < 4.78 is 10.5. The molecule has 2 N–H and O–H groups in total. The van der Waals surface area contributed by atoms with Gasteiger partial charge in [-0.2, -0.15) is 0 Å². The predicted molar refractivity (Wildman–Crippen MR) is 102 cm³/mol. The maximum Gasteiger partial charge on any atom is 0.326 e. The molecule has 0 saturated heterocycles. The van der Waals surface area contributed by atoms with Crippen LogP contribution in [0.2, 0.25) is 0 Å². The van der Waals surface area contributed by atoms with Crippen molar-refractivity contribution in [2.75, 3.05) is 14.2 Å². The summed E-state index contributed by atoms with van der Waals surface area (Å²) in [6, 6.07) is 13.7. The van der Waals surface area contributed by atoms with Gasteiger partial charge >= 0.3 is 5.97 Å². The molecule has 0 aromatic heterocycles. The third kappa shape index (κ3) is 5.74. The van der Waals surface area contributed by atoms with Gasteiger partial charge in [0.25, 0.3) is 0 Å². The SMILES string of the molecule is COc1ccc(CC(C)C(=O)NC(Cc2ccccc2)C(=O)O)cc1OC. The van der Waals surface area contributed by atoms with Gasteiger partial charge < -0.3 is 19.9 Å². The molecular formula is C21H25NO5. The van der Waals surface area contributed by atoms with Gasteiger partial charge in [0.2, 0.25) is 5.91 Å². The van der Waals surface area contributed by atoms with Crippen molar-refractivity contribution in [3.63, 3.8) is 0 Å². The molecule has 0 bridgehead atoms. The van der Waals surface area contributed by atoms with Gasteiger partial charge in [-0.05, 0) is 29.7 Å². The molecule has 6 heteroatoms. The summed E-state index contributed by atoms with van der Waals surface area (Å²) in [6.07, 6.45) is 0.703. The van der Waals surface area contributed by atoms with Crippen LogP contribution in [-0.4, -0.2) is 37.2 Å². The summed E-state index contributed by atoms with van der Waals surface area (Å²) in [5.74, 6) is -0.526. The molecule has 27 heavy (non-hydrogen) atoms. The van der Waals surface area contributed by atoms with Crippen LogP contribution >= 0.6 is 0 Å². The zero-order chi connectivity index (χ0) is 19.8. The molecule has 2 aromatic rings. The van der Waals surface area contributed by atoms with Gasteiger partial charge in [0, 0.05) is 12.3 Å². The van der Waals surface area contributed by atoms with E-state index < -0.39 is 12.0 Å². The van der Waals surface area contributed by atoms with Gasteiger partial charge in [-0.15, -0.1) is 0 Å². The van der Waals surface area contributed by atoms with Crippen molar-refractivity contribution < 1.29 is 24.2 Å². The van der Waals surface area contributed by atoms with E-state index in [9.17, 15) is 14.7 Å². The van der Waals surface area contributed by atoms with Gasteiger partial charge in [0.1, 0.15) is 6.04 Å². The lowest BCUT2D eigenvalue weighted by atomic mass is 9.98. The summed E-state index contributed by atoms with van der Waals surface area (Å²) in [6.45, 7) is 1.77. The molecular weight excluding hydrogens is 346 g/mol. The van der Waals surface area contributed by atoms with E-state index in [1.807, 2.05) is 42.5 Å². The van der Waals surface area contributed by atoms with Crippen LogP contribution in [0.4, 0.5) is 0 Å². The number of carboxylic acids is 1. The molecule has 0 heterocycles. The third-order valence-electron chi connectivity index (χ3n) is 4.33. The number of aliphatic carboxylic acids is 1. The molecule has 0 aliphatic rings. The minimum atomic E-state index is -1.05. The van der Waals surface area contributed by atoms with Crippen LogP contribution in [0.3, 0.4) is 0 Å². The summed E-state index contributed by atoms with van der Waals surface area (Å²) in [7, 11) is 3.12. The first kappa shape index (κ1) is 20.3. The maximum atomic E-state index is 12.5. The summed E-state index contributed by atoms with van der Waals surface area (Å²) in [5, 5.41) is 12.1. The van der Waals surface area contributed by atoms with E-state index in [0.717, 1.165) is 11.1 Å². The largest absolute Gasteiger partial charge is 0.493 e. The zero-order valence-corrected chi connectivity index (χ0v) is 15.8. The van der Waals surface area contributed by atoms with Crippen molar-refractivity contribution >= 4 is 11.9 Å². The zero-order valence-electron chi connectivity index (χ0n) is 15.8. The number of methoxy groups -OCH3 is 2. The van der Waals surface area contributed by atoms with Gasteiger partial charge in [0.15, 0.2) is 11.5 Å². The topological polar surface area (TPSA) is 84.9 Å². The Labute approximate surface area is 159 Å². The van der Waals surface area contributed by atoms with Gasteiger partial charge in [-0.25, -0.2) is 4.79 Å². The number of rotatable bonds is 9. The van der Waals surface area contributed by atoms with Crippen LogP contribution in [0.1, 0.15) is 18.1 Å². The van der Waals surface area contributed by atoms with E-state index in [0.29, 0.717) is 17.9 Å². The first-order valence-electron chi connectivity index (χ1n) is 8.72. The van der Waals surface area contributed by atoms with E-state index in [1.54, 1.807) is 27.2 Å². The Morgan fingerprint density at radius 1 is 0.963 bits per heavy atom. The lowest BCUT2D eigenvalue weighted by molar-refractivity contribution is -0.142. The average molecular weight is 371 g/mol. The number of carbonyl (C=O) groups is 2. The summed E-state index contributed by atoms with van der Waals surface area (Å²) >= 11 is 0. The minimum Gasteiger partial charge on any atom is -0.493 e. The van der Waals surface area contributed by atoms with Crippen LogP contribution in [0, 0.1) is 5.92 Å². The van der Waals surface area contributed by atoms with Crippen molar-refractivity contribution in [1.82, 2.24) is 5.32 Å². The van der Waals surface area contributed by atoms with Crippen molar-refractivity contribution in [3.8, 4) is 11.5 Å². The van der Waals surface area contributed by atoms with E-state index >= 15 is 0 Å². The van der Waals surface area contributed by atoms with Crippen LogP contribution in [0.15, 0.2) is 48.5 Å². The molecule has 0 spiro atoms. The number of benzene rings is 2. The highest BCUT2D eigenvalue weighted by Crippen LogP contribution is 2.28. The quantitative estimate of drug-likeness (QED) is 0.708. The fraction of sp³-hybridized carbons (Fsp3) is 0.333. The van der Waals surface area contributed by atoms with Crippen LogP contribution in [0.5, 0.6) is 11.5 Å². The molecule has 0 aliphatic carbocycles. The Morgan fingerprint density at radius 3 is 2.22 bits per heavy atom. The molecule has 2 unspecified atom stereocenters. The Balaban J connectivity index is 2.01. The fourth-order valence-electron chi connectivity index (χ4n) is 2.82. The standard InChI is InChI=1S/C21H25NO5/c1-14(11-16-9-10-18(26-2)19(13-16)27-3)20(23)22-17(21(24)25)12-15-7-5-4-6-8-15/h4-10,13-14,17H,11-12H2,1-3H3,(H,22,23)(H,24,25). The van der Waals surface area contributed by atoms with E-state index in [-0.39, 0.29) is 18.2 Å². The molecule has 0 fully saturated rings. The second kappa shape index (κ2) is 9.62. The molecule has 144 valence electrons. The highest BCUT2D eigenvalue weighted by atomic mass is 16.5. The Bertz CT molecular complexity index is 775. The molecule has 1 amide bonds. The van der Waals surface area contributed by atoms with Gasteiger partial charge in [-0.3, -0.25) is 4.79 Å². The van der Waals surface area contributed by atoms with Crippen molar-refractivity contribution in [3.05, 3.63) is 59.7 Å². The number of carbonyl (C=O) groups excluding carboxylic acids is 1. The number of carboxylic acid groups (broad SMARTS) is 1. The third-order valence-corrected chi connectivity index (χ3v) is 4.33. The predicted octanol–water partition coefficient (Wildman–Crippen LogP) is 2.69. The fourth-order valence-corrected chi connectivity index (χ4v) is 2.82. The first-order valence-corrected chi connectivity index (χ1v) is 8.72. The number of nitrogens with one attached hydrogen (secondary N) is 1. The van der Waals surface area contributed by atoms with E-state index in [1.165, 1.54) is 0 Å². The monoisotopic (exact) mass is 371 g/mol. The van der Waals surface area contributed by atoms with Gasteiger partial charge in [-0.1, -0.05) is 43.3 Å². The van der Waals surface area contributed by atoms with Crippen LogP contribution < -0.4 is 14.8 Å². The normalized spacial score (nSPS) is 12.7. The van der Waals surface area contributed by atoms with Crippen LogP contribution in [-0.2, 0) is 22.4 Å². The second-order valence-electron chi connectivity index (χ2n) is 6.38. The number of hydrogen-bond donors (Lipinski definition) is 2. The lowest BCUT2D eigenvalue weighted by Gasteiger charge is -2.18. The van der Waals surface area contributed by atoms with Crippen LogP contribution in [0.25, 0.3) is 0 Å². The minimum absolute atomic E-state index is 0.241. The first-order chi connectivity index (χ1) is 12.9. The van der Waals surface area contributed by atoms with E-state index in [4.69, 9.17) is 9.47 Å². The highest BCUT2D eigenvalue weighted by molar-refractivity contribution is 5.85. The number of hydrogen-bond acceptors (Lipinski definition) is 4. The average Bonchev–Trinajstić information content (AvgIpc) is 2.67. The number of ether oxygens (including phenoxy) is 2. The summed E-state index contributed by atoms with van der Waals surface area (Å²) in [5.41, 5.74) is 1.77. The smallest absolute Gasteiger partial charge is 0.326 e. The molecule has 2 rings (SSSR count). The molecule has 0 aliphatic heterocycles. The second-order valence-corrected chi connectivity index (χ2v) is 6.38. The molecule has 0 radical (unpaired) electrons. The molecule has 2 atom stereocenters. The van der Waals surface area contributed by atoms with Gasteiger partial charge in [0.05, 0.1) is 14.2 Å². The molecule has 2 aromatic carbocycles. The maximum absolute atomic E-state index is 12.5. The lowest BCUT2D eigenvalue weighted by Crippen LogP contribution is -2.44. The Hall–Kier alpha value is -3.02. The highest BCUT2D eigenvalue weighted by Gasteiger charge is 2.23. The van der Waals surface area contributed by atoms with Crippen molar-refractivity contribution in [2.24, 2.45) is 5.92 Å². The Kier molecular flexibility index (Phi) is 7.23. The summed E-state index contributed by atoms with van der Waals surface area (Å²) in [4.78, 5) is 24.0. The van der Waals surface area contributed by atoms with Crippen molar-refractivity contribution in [1.29, 1.82) is 0 Å². The molecule has 0 saturated carbocycles. The Morgan fingerprint density at radius 2 is 1.63 bits per heavy atom. The molecule has 6 nitrogen and oxygen atoms in total.